The van der Waals surface area contributed by atoms with Crippen LogP contribution in [0.5, 0.6) is 0 Å². The molecule has 11 heavy (non-hydrogen) atoms. The van der Waals surface area contributed by atoms with Crippen molar-refractivity contribution in [3.63, 3.8) is 0 Å². The fourth-order valence-corrected chi connectivity index (χ4v) is 0.882. The summed E-state index contributed by atoms with van der Waals surface area (Å²) < 4.78 is 0. The molecule has 1 atom stereocenters. The Morgan fingerprint density at radius 3 is 3.27 bits per heavy atom. The average Bonchev–Trinajstić information content (AvgIpc) is 2.34. The zero-order chi connectivity index (χ0) is 7.84. The molecule has 0 aliphatic carbocycles. The van der Waals surface area contributed by atoms with Gasteiger partial charge in [-0.15, -0.1) is 0 Å². The molecule has 0 spiro atoms. The molecule has 2 aliphatic heterocycles. The molecule has 0 saturated carbocycles. The minimum atomic E-state index is -0.688. The van der Waals surface area contributed by atoms with E-state index >= 15 is 0 Å². The minimum absolute atomic E-state index is 0.242. The zero-order valence-electron chi connectivity index (χ0n) is 5.48. The summed E-state index contributed by atoms with van der Waals surface area (Å²) in [6.07, 6.45) is 0.595. The number of nitrogens with two attached hydrogens (primary N) is 1. The molecule has 1 amide bonds. The minimum Gasteiger partial charge on any atom is -0.316 e. The monoisotopic (exact) mass is 151 g/mol. The first-order valence-corrected chi connectivity index (χ1v) is 3.02. The van der Waals surface area contributed by atoms with Crippen LogP contribution < -0.4 is 11.1 Å². The van der Waals surface area contributed by atoms with E-state index < -0.39 is 6.29 Å². The van der Waals surface area contributed by atoms with Crippen molar-refractivity contribution in [1.82, 2.24) is 5.32 Å². The molecule has 2 aliphatic rings. The van der Waals surface area contributed by atoms with Gasteiger partial charge >= 0.3 is 0 Å². The lowest BCUT2D eigenvalue weighted by molar-refractivity contribution is -0.115. The van der Waals surface area contributed by atoms with E-state index in [-0.39, 0.29) is 11.6 Å². The predicted molar refractivity (Wildman–Crippen MR) is 39.5 cm³/mol. The molecule has 3 N–H and O–H groups in total. The second-order valence-corrected chi connectivity index (χ2v) is 2.09. The Kier molecular flexibility index (Phi) is 1.10. The fraction of sp³-hybridized carbons (Fsp3) is 0.200. The number of amidine groups is 1. The summed E-state index contributed by atoms with van der Waals surface area (Å²) in [5.74, 6) is 0.00116. The Labute approximate surface area is 61.9 Å². The lowest BCUT2D eigenvalue weighted by Gasteiger charge is -2.14. The van der Waals surface area contributed by atoms with Crippen LogP contribution in [0.1, 0.15) is 0 Å². The van der Waals surface area contributed by atoms with E-state index in [1.807, 2.05) is 0 Å². The average molecular weight is 151 g/mol. The number of nitrogens with one attached hydrogen (secondary N) is 1. The third-order valence-electron chi connectivity index (χ3n) is 1.33. The van der Waals surface area contributed by atoms with Crippen molar-refractivity contribution in [2.75, 3.05) is 0 Å². The highest BCUT2D eigenvalue weighted by Crippen LogP contribution is 2.00. The molecule has 0 aromatic heterocycles. The highest BCUT2D eigenvalue weighted by atomic mass is 16.2. The van der Waals surface area contributed by atoms with Crippen molar-refractivity contribution in [3.05, 3.63) is 0 Å². The molecule has 56 valence electrons. The van der Waals surface area contributed by atoms with Gasteiger partial charge < -0.3 is 5.32 Å². The first-order chi connectivity index (χ1) is 5.27. The molecule has 0 unspecified atom stereocenters. The van der Waals surface area contributed by atoms with Gasteiger partial charge in [0.2, 0.25) is 0 Å². The molecule has 6 heteroatoms. The third kappa shape index (κ3) is 0.838. The van der Waals surface area contributed by atoms with Crippen molar-refractivity contribution in [2.45, 2.75) is 6.29 Å². The van der Waals surface area contributed by atoms with Gasteiger partial charge in [-0.05, 0) is 0 Å². The van der Waals surface area contributed by atoms with E-state index in [0.29, 0.717) is 5.84 Å². The SMILES string of the molecule is N[C@H]1N=C2N=CN=C2C(=O)N1. The molecule has 6 nitrogen and oxygen atoms in total. The van der Waals surface area contributed by atoms with Crippen LogP contribution in [-0.2, 0) is 4.79 Å². The molecule has 0 aromatic rings. The van der Waals surface area contributed by atoms with Gasteiger partial charge in [-0.2, -0.15) is 0 Å². The van der Waals surface area contributed by atoms with Crippen LogP contribution in [0.2, 0.25) is 0 Å². The molecule has 0 aromatic carbocycles. The smallest absolute Gasteiger partial charge is 0.276 e. The van der Waals surface area contributed by atoms with Gasteiger partial charge in [-0.1, -0.05) is 0 Å². The lowest BCUT2D eigenvalue weighted by atomic mass is 10.3. The molecule has 0 fully saturated rings. The number of amides is 1. The molecule has 0 bridgehead atoms. The number of nitrogens with zero attached hydrogens (tertiary/aromatic N) is 3. The number of aliphatic imine (C=N–C) groups is 3. The summed E-state index contributed by atoms with van der Waals surface area (Å²) in [7, 11) is 0. The second-order valence-electron chi connectivity index (χ2n) is 2.09. The first kappa shape index (κ1) is 6.17. The van der Waals surface area contributed by atoms with E-state index in [9.17, 15) is 4.79 Å². The zero-order valence-corrected chi connectivity index (χ0v) is 5.48. The molecule has 2 heterocycles. The van der Waals surface area contributed by atoms with Crippen molar-refractivity contribution in [3.8, 4) is 0 Å². The van der Waals surface area contributed by atoms with Gasteiger partial charge in [0, 0.05) is 0 Å². The van der Waals surface area contributed by atoms with Gasteiger partial charge in [0.15, 0.2) is 17.8 Å². The van der Waals surface area contributed by atoms with Crippen LogP contribution in [0.4, 0.5) is 0 Å². The van der Waals surface area contributed by atoms with Crippen molar-refractivity contribution in [2.24, 2.45) is 20.7 Å². The third-order valence-corrected chi connectivity index (χ3v) is 1.33. The molecule has 2 rings (SSSR count). The maximum atomic E-state index is 11.0. The van der Waals surface area contributed by atoms with Gasteiger partial charge in [-0.3, -0.25) is 10.5 Å². The first-order valence-electron chi connectivity index (χ1n) is 3.02. The second kappa shape index (κ2) is 1.96. The number of carbonyl (C=O) groups excluding carboxylic acids is 1. The number of hydrogen-bond acceptors (Lipinski definition) is 5. The van der Waals surface area contributed by atoms with Gasteiger partial charge in [0.1, 0.15) is 6.34 Å². The maximum Gasteiger partial charge on any atom is 0.276 e. The Morgan fingerprint density at radius 1 is 1.64 bits per heavy atom. The van der Waals surface area contributed by atoms with Crippen molar-refractivity contribution in [1.29, 1.82) is 0 Å². The van der Waals surface area contributed by atoms with Crippen LogP contribution in [0, 0.1) is 0 Å². The Hall–Kier alpha value is -1.56. The van der Waals surface area contributed by atoms with E-state index in [0.717, 1.165) is 0 Å². The highest BCUT2D eigenvalue weighted by Gasteiger charge is 2.26. The molecule has 0 radical (unpaired) electrons. The van der Waals surface area contributed by atoms with Crippen LogP contribution in [0.15, 0.2) is 15.0 Å². The van der Waals surface area contributed by atoms with E-state index in [4.69, 9.17) is 5.73 Å². The largest absolute Gasteiger partial charge is 0.316 e. The normalized spacial score (nSPS) is 27.4. The van der Waals surface area contributed by atoms with E-state index in [1.54, 1.807) is 0 Å². The summed E-state index contributed by atoms with van der Waals surface area (Å²) in [6.45, 7) is 0. The van der Waals surface area contributed by atoms with Gasteiger partial charge in [0.05, 0.1) is 0 Å². The van der Waals surface area contributed by atoms with E-state index in [1.165, 1.54) is 6.34 Å². The lowest BCUT2D eigenvalue weighted by Crippen LogP contribution is -2.49. The van der Waals surface area contributed by atoms with Crippen LogP contribution in [0.3, 0.4) is 0 Å². The maximum absolute atomic E-state index is 11.0. The topological polar surface area (TPSA) is 92.2 Å². The van der Waals surface area contributed by atoms with Gasteiger partial charge in [0.25, 0.3) is 5.91 Å². The standard InChI is InChI=1S/C5H5N5O/c6-5-9-3-2(4(11)10-5)7-1-8-3/h1,5H,6H2,(H,10,11)/t5-/m0/s1. The fourth-order valence-electron chi connectivity index (χ4n) is 0.882. The Morgan fingerprint density at radius 2 is 2.45 bits per heavy atom. The predicted octanol–water partition coefficient (Wildman–Crippen LogP) is -1.76. The summed E-state index contributed by atoms with van der Waals surface area (Å²) >= 11 is 0. The van der Waals surface area contributed by atoms with E-state index in [2.05, 4.69) is 20.3 Å². The highest BCUT2D eigenvalue weighted by molar-refractivity contribution is 6.69. The molecular formula is C5H5N5O. The number of hydrogen-bond donors (Lipinski definition) is 2. The molecular weight excluding hydrogens is 146 g/mol. The van der Waals surface area contributed by atoms with Crippen LogP contribution in [0.25, 0.3) is 0 Å². The number of rotatable bonds is 0. The number of carbonyl (C=O) groups is 1. The van der Waals surface area contributed by atoms with Crippen molar-refractivity contribution < 1.29 is 4.79 Å². The van der Waals surface area contributed by atoms with Gasteiger partial charge in [-0.25, -0.2) is 15.0 Å². The van der Waals surface area contributed by atoms with Crippen LogP contribution in [-0.4, -0.2) is 30.1 Å². The molecule has 0 saturated heterocycles. The number of fused-ring (bicyclic) bond motifs is 1. The quantitative estimate of drug-likeness (QED) is 0.429. The summed E-state index contributed by atoms with van der Waals surface area (Å²) in [5, 5.41) is 2.39. The van der Waals surface area contributed by atoms with Crippen molar-refractivity contribution >= 4 is 23.8 Å². The summed E-state index contributed by atoms with van der Waals surface area (Å²) in [5.41, 5.74) is 5.58. The Bertz CT molecular complexity index is 302. The summed E-state index contributed by atoms with van der Waals surface area (Å²) in [6, 6.07) is 0. The van der Waals surface area contributed by atoms with Crippen LogP contribution >= 0.6 is 0 Å². The summed E-state index contributed by atoms with van der Waals surface area (Å²) in [4.78, 5) is 22.3. The Balaban J connectivity index is 2.45.